The van der Waals surface area contributed by atoms with Crippen LogP contribution >= 0.6 is 22.9 Å². The van der Waals surface area contributed by atoms with Gasteiger partial charge in [-0.15, -0.1) is 11.3 Å². The second-order valence-electron chi connectivity index (χ2n) is 8.42. The quantitative estimate of drug-likeness (QED) is 0.411. The SMILES string of the molecule is N#Cc1c(N)sc2c(F)ccc(-c3c(F)cc4c5c3c(Cl)nn5CC[C@@H]3CNCCN3C4=O)c12. The Bertz CT molecular complexity index is 1570. The number of nitrogen functional groups attached to an aromatic ring is 1. The van der Waals surface area contributed by atoms with Gasteiger partial charge in [0.2, 0.25) is 0 Å². The second kappa shape index (κ2) is 7.63. The maximum atomic E-state index is 15.9. The van der Waals surface area contributed by atoms with E-state index in [1.165, 1.54) is 18.2 Å². The monoisotopic (exact) mass is 498 g/mol. The minimum atomic E-state index is -0.703. The molecule has 172 valence electrons. The number of carbonyl (C=O) groups excluding carboxylic acids is 1. The van der Waals surface area contributed by atoms with Crippen molar-refractivity contribution in [2.75, 3.05) is 25.4 Å². The summed E-state index contributed by atoms with van der Waals surface area (Å²) in [5.41, 5.74) is 7.02. The van der Waals surface area contributed by atoms with E-state index in [-0.39, 0.29) is 59.8 Å². The van der Waals surface area contributed by atoms with Crippen LogP contribution in [0.5, 0.6) is 0 Å². The highest BCUT2D eigenvalue weighted by Gasteiger charge is 2.34. The van der Waals surface area contributed by atoms with E-state index in [1.807, 2.05) is 6.07 Å². The number of hydrogen-bond acceptors (Lipinski definition) is 6. The molecule has 2 aromatic carbocycles. The number of carbonyl (C=O) groups is 1. The van der Waals surface area contributed by atoms with E-state index in [0.29, 0.717) is 38.1 Å². The summed E-state index contributed by atoms with van der Waals surface area (Å²) in [7, 11) is 0. The van der Waals surface area contributed by atoms with Crippen molar-refractivity contribution in [3.63, 3.8) is 0 Å². The first-order valence-electron chi connectivity index (χ1n) is 10.7. The molecule has 1 amide bonds. The Balaban J connectivity index is 1.69. The predicted molar refractivity (Wildman–Crippen MR) is 127 cm³/mol. The lowest BCUT2D eigenvalue weighted by Gasteiger charge is -2.37. The van der Waals surface area contributed by atoms with E-state index in [9.17, 15) is 14.4 Å². The average molecular weight is 499 g/mol. The van der Waals surface area contributed by atoms with E-state index in [2.05, 4.69) is 10.4 Å². The average Bonchev–Trinajstić information content (AvgIpc) is 3.34. The van der Waals surface area contributed by atoms with Gasteiger partial charge in [-0.1, -0.05) is 17.7 Å². The number of hydrogen-bond donors (Lipinski definition) is 2. The van der Waals surface area contributed by atoms with Crippen LogP contribution in [0.15, 0.2) is 18.2 Å². The van der Waals surface area contributed by atoms with Crippen LogP contribution in [0, 0.1) is 23.0 Å². The van der Waals surface area contributed by atoms with Gasteiger partial charge in [0.1, 0.15) is 22.7 Å². The fraction of sp³-hybridized carbons (Fsp3) is 0.261. The summed E-state index contributed by atoms with van der Waals surface area (Å²) in [5.74, 6) is -1.53. The van der Waals surface area contributed by atoms with Crippen molar-refractivity contribution in [1.82, 2.24) is 20.0 Å². The molecular formula is C23H17ClF2N6OS. The van der Waals surface area contributed by atoms with Gasteiger partial charge in [0, 0.05) is 43.2 Å². The zero-order valence-corrected chi connectivity index (χ0v) is 19.2. The highest BCUT2D eigenvalue weighted by Crippen LogP contribution is 2.45. The number of nitrogens with one attached hydrogen (secondary N) is 1. The molecule has 0 radical (unpaired) electrons. The van der Waals surface area contributed by atoms with Gasteiger partial charge >= 0.3 is 0 Å². The molecule has 2 aliphatic rings. The van der Waals surface area contributed by atoms with Crippen LogP contribution in [0.1, 0.15) is 22.3 Å². The number of rotatable bonds is 1. The van der Waals surface area contributed by atoms with Crippen LogP contribution in [-0.2, 0) is 6.54 Å². The Morgan fingerprint density at radius 3 is 2.85 bits per heavy atom. The molecule has 2 aromatic heterocycles. The number of halogens is 3. The topological polar surface area (TPSA) is 100.0 Å². The minimum absolute atomic E-state index is 0.0288. The Labute approximate surface area is 201 Å². The molecule has 6 rings (SSSR count). The molecule has 1 saturated heterocycles. The summed E-state index contributed by atoms with van der Waals surface area (Å²) in [6.07, 6.45) is 0.665. The van der Waals surface area contributed by atoms with Gasteiger partial charge < -0.3 is 16.0 Å². The number of thiophene rings is 1. The summed E-state index contributed by atoms with van der Waals surface area (Å²) in [6.45, 7) is 2.33. The zero-order valence-electron chi connectivity index (χ0n) is 17.7. The molecule has 0 bridgehead atoms. The number of amides is 1. The summed E-state index contributed by atoms with van der Waals surface area (Å²) in [5, 5.41) is 18.1. The molecule has 0 unspecified atom stereocenters. The number of aromatic nitrogens is 2. The highest BCUT2D eigenvalue weighted by atomic mass is 35.5. The van der Waals surface area contributed by atoms with Gasteiger partial charge in [-0.2, -0.15) is 10.4 Å². The van der Waals surface area contributed by atoms with Crippen molar-refractivity contribution in [3.05, 3.63) is 46.1 Å². The fourth-order valence-electron chi connectivity index (χ4n) is 5.12. The molecule has 4 aromatic rings. The molecular weight excluding hydrogens is 482 g/mol. The lowest BCUT2D eigenvalue weighted by molar-refractivity contribution is 0.0613. The number of aryl methyl sites for hydroxylation is 1. The van der Waals surface area contributed by atoms with Crippen molar-refractivity contribution in [1.29, 1.82) is 5.26 Å². The summed E-state index contributed by atoms with van der Waals surface area (Å²) >= 11 is 7.49. The van der Waals surface area contributed by atoms with Crippen molar-refractivity contribution in [3.8, 4) is 17.2 Å². The number of nitriles is 1. The van der Waals surface area contributed by atoms with Gasteiger partial charge in [0.25, 0.3) is 5.91 Å². The first kappa shape index (κ1) is 21.3. The van der Waals surface area contributed by atoms with Gasteiger partial charge in [0.05, 0.1) is 26.7 Å². The van der Waals surface area contributed by atoms with Crippen LogP contribution in [0.4, 0.5) is 13.8 Å². The van der Waals surface area contributed by atoms with Crippen molar-refractivity contribution in [2.24, 2.45) is 0 Å². The lowest BCUT2D eigenvalue weighted by Crippen LogP contribution is -2.54. The molecule has 11 heteroatoms. The van der Waals surface area contributed by atoms with Crippen LogP contribution < -0.4 is 11.1 Å². The van der Waals surface area contributed by atoms with E-state index >= 15 is 4.39 Å². The second-order valence-corrected chi connectivity index (χ2v) is 9.83. The molecule has 7 nitrogen and oxygen atoms in total. The van der Waals surface area contributed by atoms with Gasteiger partial charge in [-0.25, -0.2) is 8.78 Å². The summed E-state index contributed by atoms with van der Waals surface area (Å²) < 4.78 is 32.3. The molecule has 0 aliphatic carbocycles. The Hall–Kier alpha value is -3.26. The number of fused-ring (bicyclic) bond motifs is 2. The number of anilines is 1. The molecule has 4 heterocycles. The first-order valence-corrected chi connectivity index (χ1v) is 11.9. The standard InChI is InChI=1S/C23H17ClF2N6OS/c24-21-18-17(11-1-2-14(25)20-16(11)13(8-27)22(28)34-20)15(26)7-12-19(18)32(30-21)5-3-10-9-29-4-6-31(10)23(12)33/h1-2,7,10,29H,3-6,9,28H2/t10-/m1/s1. The Kier molecular flexibility index (Phi) is 4.78. The predicted octanol–water partition coefficient (Wildman–Crippen LogP) is 4.12. The van der Waals surface area contributed by atoms with Gasteiger partial charge in [0.15, 0.2) is 5.15 Å². The normalized spacial score (nSPS) is 18.1. The molecule has 2 aliphatic heterocycles. The molecule has 0 spiro atoms. The maximum Gasteiger partial charge on any atom is 0.256 e. The smallest absolute Gasteiger partial charge is 0.256 e. The van der Waals surface area contributed by atoms with Crippen LogP contribution in [-0.4, -0.2) is 46.3 Å². The molecule has 3 N–H and O–H groups in total. The van der Waals surface area contributed by atoms with Crippen LogP contribution in [0.2, 0.25) is 5.15 Å². The number of benzene rings is 2. The number of piperazine rings is 1. The minimum Gasteiger partial charge on any atom is -0.389 e. The van der Waals surface area contributed by atoms with Crippen molar-refractivity contribution in [2.45, 2.75) is 19.0 Å². The lowest BCUT2D eigenvalue weighted by atomic mass is 9.93. The fourth-order valence-corrected chi connectivity index (χ4v) is 6.35. The largest absolute Gasteiger partial charge is 0.389 e. The van der Waals surface area contributed by atoms with Crippen molar-refractivity contribution >= 4 is 54.8 Å². The van der Waals surface area contributed by atoms with E-state index in [0.717, 1.165) is 11.3 Å². The van der Waals surface area contributed by atoms with Gasteiger partial charge in [-0.05, 0) is 24.1 Å². The third-order valence-corrected chi connectivity index (χ3v) is 7.93. The van der Waals surface area contributed by atoms with E-state index < -0.39 is 11.6 Å². The third kappa shape index (κ3) is 2.87. The first-order chi connectivity index (χ1) is 16.4. The highest BCUT2D eigenvalue weighted by molar-refractivity contribution is 7.23. The third-order valence-electron chi connectivity index (χ3n) is 6.64. The number of nitrogens with zero attached hydrogens (tertiary/aromatic N) is 4. The maximum absolute atomic E-state index is 15.9. The van der Waals surface area contributed by atoms with Crippen molar-refractivity contribution < 1.29 is 13.6 Å². The van der Waals surface area contributed by atoms with Crippen LogP contribution in [0.3, 0.4) is 0 Å². The zero-order chi connectivity index (χ0) is 23.7. The summed E-state index contributed by atoms with van der Waals surface area (Å²) in [6, 6.07) is 5.81. The summed E-state index contributed by atoms with van der Waals surface area (Å²) in [4.78, 5) is 15.3. The molecule has 1 fully saturated rings. The van der Waals surface area contributed by atoms with E-state index in [1.54, 1.807) is 9.58 Å². The Morgan fingerprint density at radius 2 is 2.06 bits per heavy atom. The van der Waals surface area contributed by atoms with E-state index in [4.69, 9.17) is 17.3 Å². The molecule has 1 atom stereocenters. The van der Waals surface area contributed by atoms with Gasteiger partial charge in [-0.3, -0.25) is 9.48 Å². The Morgan fingerprint density at radius 1 is 1.24 bits per heavy atom. The van der Waals surface area contributed by atoms with Crippen LogP contribution in [0.25, 0.3) is 32.1 Å². The number of nitrogens with two attached hydrogens (primary N) is 1. The molecule has 34 heavy (non-hydrogen) atoms. The molecule has 0 saturated carbocycles.